The molecule has 1 aromatic carbocycles. The van der Waals surface area contributed by atoms with Crippen LogP contribution in [0, 0.1) is 12.7 Å². The molecular weight excluding hydrogens is 485 g/mol. The standard InChI is InChI=1S/C21H20FN5O3S3/c1-13-11-18(27(25-13)21-23-15-8-7-14(22)12-17(15)32-21)24-20(28)16-5-2-3-9-26(16)33(29,30)19-6-4-10-31-19/h4,6-8,10-12,16H,2-3,5,9H2,1H3,(H,24,28). The number of anilines is 1. The molecule has 4 heterocycles. The van der Waals surface area contributed by atoms with Gasteiger partial charge in [-0.3, -0.25) is 4.79 Å². The third-order valence-electron chi connectivity index (χ3n) is 5.42. The van der Waals surface area contributed by atoms with Crippen LogP contribution in [0.5, 0.6) is 0 Å². The van der Waals surface area contributed by atoms with Crippen molar-refractivity contribution in [2.45, 2.75) is 36.4 Å². The Morgan fingerprint density at radius 2 is 2.09 bits per heavy atom. The minimum Gasteiger partial charge on any atom is -0.309 e. The van der Waals surface area contributed by atoms with Crippen LogP contribution in [0.1, 0.15) is 25.0 Å². The van der Waals surface area contributed by atoms with Gasteiger partial charge in [-0.15, -0.1) is 11.3 Å². The topological polar surface area (TPSA) is 97.2 Å². The fourth-order valence-electron chi connectivity index (χ4n) is 3.90. The van der Waals surface area contributed by atoms with Crippen molar-refractivity contribution >= 4 is 54.6 Å². The SMILES string of the molecule is Cc1cc(NC(=O)C2CCCCN2S(=O)(=O)c2cccs2)n(-c2nc3ccc(F)cc3s2)n1. The van der Waals surface area contributed by atoms with E-state index in [1.54, 1.807) is 36.6 Å². The zero-order valence-electron chi connectivity index (χ0n) is 17.6. The summed E-state index contributed by atoms with van der Waals surface area (Å²) in [6, 6.07) is 8.45. The Bertz CT molecular complexity index is 1430. The number of fused-ring (bicyclic) bond motifs is 1. The van der Waals surface area contributed by atoms with Crippen molar-refractivity contribution in [3.05, 3.63) is 53.3 Å². The van der Waals surface area contributed by atoms with Crippen molar-refractivity contribution in [1.82, 2.24) is 19.1 Å². The maximum absolute atomic E-state index is 13.6. The number of thiazole rings is 1. The quantitative estimate of drug-likeness (QED) is 0.439. The van der Waals surface area contributed by atoms with E-state index in [0.29, 0.717) is 46.2 Å². The minimum atomic E-state index is -3.76. The normalized spacial score (nSPS) is 17.5. The van der Waals surface area contributed by atoms with E-state index in [-0.39, 0.29) is 10.0 Å². The number of amides is 1. The van der Waals surface area contributed by atoms with E-state index in [2.05, 4.69) is 15.4 Å². The number of benzene rings is 1. The second-order valence-electron chi connectivity index (χ2n) is 7.74. The van der Waals surface area contributed by atoms with Crippen LogP contribution in [0.25, 0.3) is 15.3 Å². The Morgan fingerprint density at radius 1 is 1.24 bits per heavy atom. The monoisotopic (exact) mass is 505 g/mol. The smallest absolute Gasteiger partial charge is 0.253 e. The van der Waals surface area contributed by atoms with Crippen LogP contribution in [0.4, 0.5) is 10.2 Å². The van der Waals surface area contributed by atoms with Crippen molar-refractivity contribution in [1.29, 1.82) is 0 Å². The molecule has 1 fully saturated rings. The number of halogens is 1. The molecular formula is C21H20FN5O3S3. The molecule has 1 atom stereocenters. The highest BCUT2D eigenvalue weighted by atomic mass is 32.2. The molecule has 12 heteroatoms. The number of nitrogens with zero attached hydrogens (tertiary/aromatic N) is 4. The van der Waals surface area contributed by atoms with E-state index in [1.807, 2.05) is 0 Å². The Labute approximate surface area is 197 Å². The number of thiophene rings is 1. The maximum atomic E-state index is 13.6. The number of piperidine rings is 1. The number of carbonyl (C=O) groups is 1. The first kappa shape index (κ1) is 22.1. The average Bonchev–Trinajstić information content (AvgIpc) is 3.53. The predicted octanol–water partition coefficient (Wildman–Crippen LogP) is 4.17. The van der Waals surface area contributed by atoms with Gasteiger partial charge in [0.15, 0.2) is 0 Å². The van der Waals surface area contributed by atoms with Crippen LogP contribution in [0.3, 0.4) is 0 Å². The predicted molar refractivity (Wildman–Crippen MR) is 126 cm³/mol. The first-order chi connectivity index (χ1) is 15.8. The summed E-state index contributed by atoms with van der Waals surface area (Å²) in [7, 11) is -3.76. The van der Waals surface area contributed by atoms with Gasteiger partial charge in [0.1, 0.15) is 21.9 Å². The van der Waals surface area contributed by atoms with Crippen molar-refractivity contribution in [2.24, 2.45) is 0 Å². The molecule has 0 spiro atoms. The summed E-state index contributed by atoms with van der Waals surface area (Å²) in [5.41, 5.74) is 1.28. The van der Waals surface area contributed by atoms with Gasteiger partial charge in [-0.05, 0) is 49.4 Å². The number of aromatic nitrogens is 3. The molecule has 1 unspecified atom stereocenters. The Balaban J connectivity index is 1.45. The highest BCUT2D eigenvalue weighted by molar-refractivity contribution is 7.91. The molecule has 0 bridgehead atoms. The van der Waals surface area contributed by atoms with Crippen molar-refractivity contribution in [3.8, 4) is 5.13 Å². The summed E-state index contributed by atoms with van der Waals surface area (Å²) in [5, 5.41) is 9.47. The molecule has 8 nitrogen and oxygen atoms in total. The third-order valence-corrected chi connectivity index (χ3v) is 9.69. The summed E-state index contributed by atoms with van der Waals surface area (Å²) in [5.74, 6) is -0.383. The molecule has 0 radical (unpaired) electrons. The van der Waals surface area contributed by atoms with E-state index in [0.717, 1.165) is 17.8 Å². The highest BCUT2D eigenvalue weighted by Gasteiger charge is 2.38. The molecule has 172 valence electrons. The number of sulfonamides is 1. The van der Waals surface area contributed by atoms with Crippen LogP contribution in [0.15, 0.2) is 46.0 Å². The molecule has 0 aliphatic carbocycles. The van der Waals surface area contributed by atoms with Crippen LogP contribution in [0.2, 0.25) is 0 Å². The molecule has 1 N–H and O–H groups in total. The van der Waals surface area contributed by atoms with Gasteiger partial charge in [0.2, 0.25) is 11.0 Å². The highest BCUT2D eigenvalue weighted by Crippen LogP contribution is 2.30. The van der Waals surface area contributed by atoms with Gasteiger partial charge in [-0.2, -0.15) is 14.1 Å². The molecule has 5 rings (SSSR count). The number of carbonyl (C=O) groups excluding carboxylic acids is 1. The summed E-state index contributed by atoms with van der Waals surface area (Å²) in [6.45, 7) is 2.08. The second-order valence-corrected chi connectivity index (χ2v) is 11.8. The molecule has 1 amide bonds. The number of hydrogen-bond donors (Lipinski definition) is 1. The third kappa shape index (κ3) is 4.19. The van der Waals surface area contributed by atoms with Crippen LogP contribution < -0.4 is 5.32 Å². The Hall–Kier alpha value is -2.67. The number of hydrogen-bond acceptors (Lipinski definition) is 7. The summed E-state index contributed by atoms with van der Waals surface area (Å²) < 4.78 is 43.5. The van der Waals surface area contributed by atoms with Crippen LogP contribution in [-0.2, 0) is 14.8 Å². The van der Waals surface area contributed by atoms with E-state index >= 15 is 0 Å². The number of aryl methyl sites for hydroxylation is 1. The summed E-state index contributed by atoms with van der Waals surface area (Å²) in [6.07, 6.45) is 1.90. The van der Waals surface area contributed by atoms with Crippen LogP contribution in [-0.4, -0.2) is 46.0 Å². The fraction of sp³-hybridized carbons (Fsp3) is 0.286. The first-order valence-corrected chi connectivity index (χ1v) is 13.5. The summed E-state index contributed by atoms with van der Waals surface area (Å²) in [4.78, 5) is 17.8. The van der Waals surface area contributed by atoms with E-state index in [4.69, 9.17) is 0 Å². The van der Waals surface area contributed by atoms with E-state index in [9.17, 15) is 17.6 Å². The van der Waals surface area contributed by atoms with Crippen molar-refractivity contribution in [3.63, 3.8) is 0 Å². The van der Waals surface area contributed by atoms with Crippen LogP contribution >= 0.6 is 22.7 Å². The molecule has 3 aromatic heterocycles. The largest absolute Gasteiger partial charge is 0.309 e. The zero-order chi connectivity index (χ0) is 23.2. The molecule has 0 saturated carbocycles. The lowest BCUT2D eigenvalue weighted by molar-refractivity contribution is -0.120. The Kier molecular flexibility index (Phi) is 5.77. The lowest BCUT2D eigenvalue weighted by Gasteiger charge is -2.33. The van der Waals surface area contributed by atoms with Gasteiger partial charge in [0.25, 0.3) is 10.0 Å². The molecule has 1 aliphatic rings. The lowest BCUT2D eigenvalue weighted by Crippen LogP contribution is -2.49. The van der Waals surface area contributed by atoms with E-state index in [1.165, 1.54) is 32.5 Å². The fourth-order valence-corrected chi connectivity index (χ4v) is 7.63. The maximum Gasteiger partial charge on any atom is 0.253 e. The van der Waals surface area contributed by atoms with E-state index < -0.39 is 22.0 Å². The van der Waals surface area contributed by atoms with Gasteiger partial charge in [0, 0.05) is 12.6 Å². The van der Waals surface area contributed by atoms with Gasteiger partial charge in [-0.25, -0.2) is 17.8 Å². The van der Waals surface area contributed by atoms with Crippen molar-refractivity contribution in [2.75, 3.05) is 11.9 Å². The van der Waals surface area contributed by atoms with Crippen molar-refractivity contribution < 1.29 is 17.6 Å². The minimum absolute atomic E-state index is 0.227. The zero-order valence-corrected chi connectivity index (χ0v) is 20.0. The second kappa shape index (κ2) is 8.60. The van der Waals surface area contributed by atoms with Gasteiger partial charge < -0.3 is 5.32 Å². The first-order valence-electron chi connectivity index (χ1n) is 10.3. The summed E-state index contributed by atoms with van der Waals surface area (Å²) >= 11 is 2.39. The van der Waals surface area contributed by atoms with Gasteiger partial charge in [-0.1, -0.05) is 23.8 Å². The van der Waals surface area contributed by atoms with Gasteiger partial charge >= 0.3 is 0 Å². The molecule has 33 heavy (non-hydrogen) atoms. The molecule has 1 saturated heterocycles. The number of nitrogens with one attached hydrogen (secondary N) is 1. The molecule has 1 aliphatic heterocycles. The Morgan fingerprint density at radius 3 is 2.88 bits per heavy atom. The average molecular weight is 506 g/mol. The van der Waals surface area contributed by atoms with Gasteiger partial charge in [0.05, 0.1) is 15.9 Å². The number of rotatable bonds is 5. The lowest BCUT2D eigenvalue weighted by atomic mass is 10.0. The molecule has 4 aromatic rings.